The average molecular weight is 387 g/mol. The van der Waals surface area contributed by atoms with Gasteiger partial charge in [-0.05, 0) is 62.1 Å². The molecule has 0 radical (unpaired) electrons. The van der Waals surface area contributed by atoms with Crippen molar-refractivity contribution in [2.75, 3.05) is 11.4 Å². The van der Waals surface area contributed by atoms with Crippen molar-refractivity contribution in [1.29, 1.82) is 0 Å². The number of sulfonamides is 1. The summed E-state index contributed by atoms with van der Waals surface area (Å²) in [7, 11) is -3.56. The monoisotopic (exact) mass is 386 g/mol. The van der Waals surface area contributed by atoms with Crippen LogP contribution >= 0.6 is 0 Å². The summed E-state index contributed by atoms with van der Waals surface area (Å²) in [5.41, 5.74) is 2.34. The summed E-state index contributed by atoms with van der Waals surface area (Å²) in [5, 5.41) is 0. The molecule has 3 rings (SSSR count). The van der Waals surface area contributed by atoms with Crippen LogP contribution in [-0.2, 0) is 16.4 Å². The standard InChI is InChI=1S/C21H26N2O3S/c1-3-8-16(2)22-27(25,26)19-12-13-20-18(15-19)11-7-14-23(20)21(24)17-9-5-4-6-10-17/h4-6,9-10,12-13,15-16,22H,3,7-8,11,14H2,1-2H3/t16-/m1/s1. The molecule has 2 aromatic rings. The number of aryl methyl sites for hydroxylation is 1. The number of amides is 1. The van der Waals surface area contributed by atoms with Crippen LogP contribution in [0, 0.1) is 0 Å². The van der Waals surface area contributed by atoms with Crippen molar-refractivity contribution in [1.82, 2.24) is 4.72 Å². The first-order valence-corrected chi connectivity index (χ1v) is 10.9. The van der Waals surface area contributed by atoms with Gasteiger partial charge in [0.1, 0.15) is 0 Å². The second kappa shape index (κ2) is 8.23. The Bertz CT molecular complexity index is 910. The summed E-state index contributed by atoms with van der Waals surface area (Å²) in [6.45, 7) is 4.54. The van der Waals surface area contributed by atoms with Crippen LogP contribution in [0.15, 0.2) is 53.4 Å². The summed E-state index contributed by atoms with van der Waals surface area (Å²) < 4.78 is 28.0. The maximum Gasteiger partial charge on any atom is 0.258 e. The van der Waals surface area contributed by atoms with Gasteiger partial charge in [-0.25, -0.2) is 13.1 Å². The fourth-order valence-corrected chi connectivity index (χ4v) is 4.84. The third-order valence-corrected chi connectivity index (χ3v) is 6.41. The molecule has 27 heavy (non-hydrogen) atoms. The summed E-state index contributed by atoms with van der Waals surface area (Å²) in [6, 6.07) is 14.1. The molecule has 1 heterocycles. The van der Waals surface area contributed by atoms with Crippen LogP contribution in [0.3, 0.4) is 0 Å². The summed E-state index contributed by atoms with van der Waals surface area (Å²) in [5.74, 6) is -0.0538. The molecule has 6 heteroatoms. The Balaban J connectivity index is 1.88. The van der Waals surface area contributed by atoms with Crippen molar-refractivity contribution in [2.24, 2.45) is 0 Å². The smallest absolute Gasteiger partial charge is 0.258 e. The van der Waals surface area contributed by atoms with E-state index in [4.69, 9.17) is 0 Å². The zero-order chi connectivity index (χ0) is 19.4. The number of hydrogen-bond acceptors (Lipinski definition) is 3. The molecule has 0 fully saturated rings. The number of rotatable bonds is 6. The SMILES string of the molecule is CCC[C@@H](C)NS(=O)(=O)c1ccc2c(c1)CCCN2C(=O)c1ccccc1. The first-order valence-electron chi connectivity index (χ1n) is 9.44. The van der Waals surface area contributed by atoms with Crippen LogP contribution in [0.1, 0.15) is 49.0 Å². The zero-order valence-electron chi connectivity index (χ0n) is 15.8. The number of anilines is 1. The predicted octanol–water partition coefficient (Wildman–Crippen LogP) is 3.75. The molecule has 5 nitrogen and oxygen atoms in total. The Morgan fingerprint density at radius 1 is 1.19 bits per heavy atom. The van der Waals surface area contributed by atoms with Crippen molar-refractivity contribution in [3.05, 3.63) is 59.7 Å². The normalized spacial score (nSPS) is 15.3. The van der Waals surface area contributed by atoms with Crippen LogP contribution in [0.2, 0.25) is 0 Å². The highest BCUT2D eigenvalue weighted by Gasteiger charge is 2.26. The van der Waals surface area contributed by atoms with Gasteiger partial charge in [0, 0.05) is 23.8 Å². The number of hydrogen-bond donors (Lipinski definition) is 1. The number of nitrogens with one attached hydrogen (secondary N) is 1. The number of carbonyl (C=O) groups excluding carboxylic acids is 1. The lowest BCUT2D eigenvalue weighted by Gasteiger charge is -2.30. The summed E-state index contributed by atoms with van der Waals surface area (Å²) >= 11 is 0. The lowest BCUT2D eigenvalue weighted by Crippen LogP contribution is -2.36. The van der Waals surface area contributed by atoms with Crippen LogP contribution < -0.4 is 9.62 Å². The van der Waals surface area contributed by atoms with Crippen molar-refractivity contribution < 1.29 is 13.2 Å². The topological polar surface area (TPSA) is 66.5 Å². The van der Waals surface area contributed by atoms with Gasteiger partial charge in [0.25, 0.3) is 5.91 Å². The Morgan fingerprint density at radius 3 is 2.63 bits per heavy atom. The zero-order valence-corrected chi connectivity index (χ0v) is 16.6. The molecule has 144 valence electrons. The average Bonchev–Trinajstić information content (AvgIpc) is 2.67. The molecule has 0 aliphatic carbocycles. The molecule has 1 aliphatic heterocycles. The highest BCUT2D eigenvalue weighted by Crippen LogP contribution is 2.30. The van der Waals surface area contributed by atoms with E-state index >= 15 is 0 Å². The Labute approximate surface area is 161 Å². The molecule has 0 spiro atoms. The molecule has 1 N–H and O–H groups in total. The fourth-order valence-electron chi connectivity index (χ4n) is 3.51. The van der Waals surface area contributed by atoms with Gasteiger partial charge in [0.2, 0.25) is 10.0 Å². The predicted molar refractivity (Wildman–Crippen MR) is 108 cm³/mol. The number of carbonyl (C=O) groups is 1. The molecule has 1 aliphatic rings. The largest absolute Gasteiger partial charge is 0.308 e. The van der Waals surface area contributed by atoms with Gasteiger partial charge >= 0.3 is 0 Å². The number of fused-ring (bicyclic) bond motifs is 1. The van der Waals surface area contributed by atoms with Crippen LogP contribution in [0.25, 0.3) is 0 Å². The van der Waals surface area contributed by atoms with E-state index in [-0.39, 0.29) is 16.8 Å². The summed E-state index contributed by atoms with van der Waals surface area (Å²) in [4.78, 5) is 14.9. The van der Waals surface area contributed by atoms with E-state index in [0.717, 1.165) is 36.9 Å². The quantitative estimate of drug-likeness (QED) is 0.822. The van der Waals surface area contributed by atoms with Crippen molar-refractivity contribution in [2.45, 2.75) is 50.5 Å². The first kappa shape index (κ1) is 19.6. The molecule has 0 bridgehead atoms. The van der Waals surface area contributed by atoms with E-state index in [9.17, 15) is 13.2 Å². The second-order valence-corrected chi connectivity index (χ2v) is 8.74. The van der Waals surface area contributed by atoms with Crippen molar-refractivity contribution in [3.63, 3.8) is 0 Å². The Hall–Kier alpha value is -2.18. The highest BCUT2D eigenvalue weighted by molar-refractivity contribution is 7.89. The van der Waals surface area contributed by atoms with Crippen LogP contribution in [0.5, 0.6) is 0 Å². The number of benzene rings is 2. The van der Waals surface area contributed by atoms with E-state index < -0.39 is 10.0 Å². The van der Waals surface area contributed by atoms with Gasteiger partial charge in [-0.1, -0.05) is 31.5 Å². The molecule has 0 saturated heterocycles. The maximum atomic E-state index is 12.9. The van der Waals surface area contributed by atoms with E-state index in [1.54, 1.807) is 35.2 Å². The lowest BCUT2D eigenvalue weighted by molar-refractivity contribution is 0.0985. The van der Waals surface area contributed by atoms with Gasteiger partial charge in [-0.3, -0.25) is 4.79 Å². The number of nitrogens with zero attached hydrogens (tertiary/aromatic N) is 1. The molecule has 0 saturated carbocycles. The van der Waals surface area contributed by atoms with Gasteiger partial charge in [0.15, 0.2) is 0 Å². The maximum absolute atomic E-state index is 12.9. The molecular weight excluding hydrogens is 360 g/mol. The molecule has 1 atom stereocenters. The molecule has 0 aromatic heterocycles. The van der Waals surface area contributed by atoms with Crippen molar-refractivity contribution >= 4 is 21.6 Å². The van der Waals surface area contributed by atoms with Crippen LogP contribution in [0.4, 0.5) is 5.69 Å². The summed E-state index contributed by atoms with van der Waals surface area (Å²) in [6.07, 6.45) is 3.30. The Morgan fingerprint density at radius 2 is 1.93 bits per heavy atom. The van der Waals surface area contributed by atoms with Gasteiger partial charge in [-0.15, -0.1) is 0 Å². The lowest BCUT2D eigenvalue weighted by atomic mass is 10.0. The minimum Gasteiger partial charge on any atom is -0.308 e. The van der Waals surface area contributed by atoms with E-state index in [1.165, 1.54) is 0 Å². The van der Waals surface area contributed by atoms with Gasteiger partial charge < -0.3 is 4.90 Å². The third-order valence-electron chi connectivity index (χ3n) is 4.82. The Kier molecular flexibility index (Phi) is 5.97. The molecular formula is C21H26N2O3S. The minimum atomic E-state index is -3.56. The fraction of sp³-hybridized carbons (Fsp3) is 0.381. The van der Waals surface area contributed by atoms with E-state index in [2.05, 4.69) is 4.72 Å². The molecule has 0 unspecified atom stereocenters. The van der Waals surface area contributed by atoms with E-state index in [0.29, 0.717) is 12.1 Å². The van der Waals surface area contributed by atoms with Crippen molar-refractivity contribution in [3.8, 4) is 0 Å². The highest BCUT2D eigenvalue weighted by atomic mass is 32.2. The first-order chi connectivity index (χ1) is 12.9. The van der Waals surface area contributed by atoms with Crippen LogP contribution in [-0.4, -0.2) is 26.9 Å². The molecule has 2 aromatic carbocycles. The minimum absolute atomic E-state index is 0.0538. The second-order valence-electron chi connectivity index (χ2n) is 7.03. The molecule has 1 amide bonds. The van der Waals surface area contributed by atoms with E-state index in [1.807, 2.05) is 32.0 Å². The third kappa shape index (κ3) is 4.39. The van der Waals surface area contributed by atoms with Gasteiger partial charge in [0.05, 0.1) is 4.90 Å². The van der Waals surface area contributed by atoms with Gasteiger partial charge in [-0.2, -0.15) is 0 Å².